The highest BCUT2D eigenvalue weighted by Gasteiger charge is 2.05. The Hall–Kier alpha value is -1.77. The monoisotopic (exact) mass is 202 g/mol. The quantitative estimate of drug-likeness (QED) is 0.692. The summed E-state index contributed by atoms with van der Waals surface area (Å²) in [6, 6.07) is 9.56. The van der Waals surface area contributed by atoms with Crippen molar-refractivity contribution in [3.63, 3.8) is 0 Å². The molecule has 1 heterocycles. The van der Waals surface area contributed by atoms with Gasteiger partial charge in [0, 0.05) is 18.8 Å². The molecule has 0 saturated heterocycles. The highest BCUT2D eigenvalue weighted by Crippen LogP contribution is 2.07. The summed E-state index contributed by atoms with van der Waals surface area (Å²) in [6.45, 7) is 3.95. The SMILES string of the molecule is Cc1ccc(-n2c(=O)cc(C)n2C)cc1. The van der Waals surface area contributed by atoms with Crippen LogP contribution in [0.3, 0.4) is 0 Å². The van der Waals surface area contributed by atoms with Crippen LogP contribution in [0.15, 0.2) is 35.1 Å². The van der Waals surface area contributed by atoms with Gasteiger partial charge in [-0.2, -0.15) is 0 Å². The summed E-state index contributed by atoms with van der Waals surface area (Å²) in [5.74, 6) is 0. The molecule has 3 heteroatoms. The number of aryl methyl sites for hydroxylation is 2. The summed E-state index contributed by atoms with van der Waals surface area (Å²) in [5, 5.41) is 0. The molecule has 3 nitrogen and oxygen atoms in total. The Morgan fingerprint density at radius 2 is 1.67 bits per heavy atom. The fourth-order valence-corrected chi connectivity index (χ4v) is 1.63. The Morgan fingerprint density at radius 3 is 2.13 bits per heavy atom. The number of rotatable bonds is 1. The van der Waals surface area contributed by atoms with Crippen molar-refractivity contribution in [2.45, 2.75) is 13.8 Å². The molecule has 0 aliphatic carbocycles. The van der Waals surface area contributed by atoms with Gasteiger partial charge in [0.05, 0.1) is 5.69 Å². The zero-order valence-corrected chi connectivity index (χ0v) is 9.19. The van der Waals surface area contributed by atoms with E-state index in [1.807, 2.05) is 49.8 Å². The van der Waals surface area contributed by atoms with Gasteiger partial charge in [-0.15, -0.1) is 0 Å². The molecule has 0 aliphatic heterocycles. The molecule has 0 radical (unpaired) electrons. The topological polar surface area (TPSA) is 26.9 Å². The van der Waals surface area contributed by atoms with Crippen LogP contribution >= 0.6 is 0 Å². The molecule has 0 spiro atoms. The first-order valence-electron chi connectivity index (χ1n) is 4.92. The first-order chi connectivity index (χ1) is 7.09. The van der Waals surface area contributed by atoms with Gasteiger partial charge in [0.15, 0.2) is 0 Å². The maximum atomic E-state index is 11.7. The fourth-order valence-electron chi connectivity index (χ4n) is 1.63. The van der Waals surface area contributed by atoms with Gasteiger partial charge >= 0.3 is 0 Å². The van der Waals surface area contributed by atoms with Gasteiger partial charge in [-0.3, -0.25) is 9.48 Å². The van der Waals surface area contributed by atoms with Gasteiger partial charge in [-0.25, -0.2) is 4.68 Å². The van der Waals surface area contributed by atoms with E-state index < -0.39 is 0 Å². The molecule has 0 bridgehead atoms. The first-order valence-corrected chi connectivity index (χ1v) is 4.92. The van der Waals surface area contributed by atoms with Gasteiger partial charge in [0.25, 0.3) is 5.56 Å². The van der Waals surface area contributed by atoms with E-state index in [9.17, 15) is 4.79 Å². The largest absolute Gasteiger partial charge is 0.285 e. The number of hydrogen-bond acceptors (Lipinski definition) is 1. The molecule has 0 aliphatic rings. The summed E-state index contributed by atoms with van der Waals surface area (Å²) < 4.78 is 3.52. The predicted molar refractivity (Wildman–Crippen MR) is 60.5 cm³/mol. The first kappa shape index (κ1) is 9.77. The third kappa shape index (κ3) is 1.61. The molecule has 0 atom stereocenters. The molecule has 1 aromatic heterocycles. The van der Waals surface area contributed by atoms with Crippen LogP contribution in [-0.4, -0.2) is 9.36 Å². The molecule has 0 N–H and O–H groups in total. The minimum atomic E-state index is 0.0128. The molecule has 0 saturated carbocycles. The van der Waals surface area contributed by atoms with Crippen LogP contribution in [0.25, 0.3) is 5.69 Å². The molecule has 1 aromatic carbocycles. The van der Waals surface area contributed by atoms with Crippen molar-refractivity contribution in [1.29, 1.82) is 0 Å². The van der Waals surface area contributed by atoms with Crippen LogP contribution in [0.5, 0.6) is 0 Å². The van der Waals surface area contributed by atoms with Gasteiger partial charge in [0.2, 0.25) is 0 Å². The van der Waals surface area contributed by atoms with E-state index in [0.29, 0.717) is 0 Å². The van der Waals surface area contributed by atoms with Gasteiger partial charge in [-0.1, -0.05) is 17.7 Å². The van der Waals surface area contributed by atoms with E-state index in [1.54, 1.807) is 10.7 Å². The van der Waals surface area contributed by atoms with E-state index in [4.69, 9.17) is 0 Å². The van der Waals surface area contributed by atoms with Crippen molar-refractivity contribution < 1.29 is 0 Å². The summed E-state index contributed by atoms with van der Waals surface area (Å²) in [5.41, 5.74) is 3.07. The van der Waals surface area contributed by atoms with Crippen molar-refractivity contribution in [3.8, 4) is 5.69 Å². The number of hydrogen-bond donors (Lipinski definition) is 0. The Kier molecular flexibility index (Phi) is 2.23. The third-order valence-electron chi connectivity index (χ3n) is 2.63. The highest BCUT2D eigenvalue weighted by molar-refractivity contribution is 5.33. The Labute approximate surface area is 88.6 Å². The van der Waals surface area contributed by atoms with Crippen LogP contribution in [0.1, 0.15) is 11.3 Å². The van der Waals surface area contributed by atoms with Crippen LogP contribution in [0, 0.1) is 13.8 Å². The fraction of sp³-hybridized carbons (Fsp3) is 0.250. The molecule has 0 unspecified atom stereocenters. The maximum Gasteiger partial charge on any atom is 0.271 e. The lowest BCUT2D eigenvalue weighted by Crippen LogP contribution is -2.19. The molecule has 78 valence electrons. The molecule has 2 aromatic rings. The summed E-state index contributed by atoms with van der Waals surface area (Å²) in [7, 11) is 1.89. The highest BCUT2D eigenvalue weighted by atomic mass is 16.1. The Morgan fingerprint density at radius 1 is 1.07 bits per heavy atom. The summed E-state index contributed by atoms with van der Waals surface area (Å²) >= 11 is 0. The minimum Gasteiger partial charge on any atom is -0.285 e. The van der Waals surface area contributed by atoms with Crippen molar-refractivity contribution in [1.82, 2.24) is 9.36 Å². The maximum absolute atomic E-state index is 11.7. The summed E-state index contributed by atoms with van der Waals surface area (Å²) in [6.07, 6.45) is 0. The predicted octanol–water partition coefficient (Wildman–Crippen LogP) is 1.79. The van der Waals surface area contributed by atoms with E-state index in [1.165, 1.54) is 5.56 Å². The molecular formula is C12H14N2O. The zero-order chi connectivity index (χ0) is 11.0. The minimum absolute atomic E-state index is 0.0128. The summed E-state index contributed by atoms with van der Waals surface area (Å²) in [4.78, 5) is 11.7. The van der Waals surface area contributed by atoms with Crippen LogP contribution < -0.4 is 5.56 Å². The molecular weight excluding hydrogens is 188 g/mol. The van der Waals surface area contributed by atoms with E-state index >= 15 is 0 Å². The second-order valence-corrected chi connectivity index (χ2v) is 3.79. The number of nitrogens with zero attached hydrogens (tertiary/aromatic N) is 2. The van der Waals surface area contributed by atoms with Gasteiger partial charge in [-0.05, 0) is 26.0 Å². The smallest absolute Gasteiger partial charge is 0.271 e. The lowest BCUT2D eigenvalue weighted by atomic mass is 10.2. The average molecular weight is 202 g/mol. The Bertz CT molecular complexity index is 532. The van der Waals surface area contributed by atoms with Crippen molar-refractivity contribution >= 4 is 0 Å². The van der Waals surface area contributed by atoms with Crippen molar-refractivity contribution in [2.75, 3.05) is 0 Å². The standard InChI is InChI=1S/C12H14N2O/c1-9-4-6-11(7-5-9)14-12(15)8-10(2)13(14)3/h4-8H,1-3H3. The van der Waals surface area contributed by atoms with Gasteiger partial charge < -0.3 is 0 Å². The average Bonchev–Trinajstić information content (AvgIpc) is 2.44. The van der Waals surface area contributed by atoms with Crippen molar-refractivity contribution in [2.24, 2.45) is 7.05 Å². The van der Waals surface area contributed by atoms with E-state index in [2.05, 4.69) is 0 Å². The molecule has 0 fully saturated rings. The Balaban J connectivity index is 2.64. The van der Waals surface area contributed by atoms with Crippen LogP contribution in [0.4, 0.5) is 0 Å². The second kappa shape index (κ2) is 3.42. The van der Waals surface area contributed by atoms with E-state index in [0.717, 1.165) is 11.4 Å². The molecule has 2 rings (SSSR count). The number of aromatic nitrogens is 2. The lowest BCUT2D eigenvalue weighted by Gasteiger charge is -2.08. The zero-order valence-electron chi connectivity index (χ0n) is 9.19. The third-order valence-corrected chi connectivity index (χ3v) is 2.63. The lowest BCUT2D eigenvalue weighted by molar-refractivity contribution is 0.630. The van der Waals surface area contributed by atoms with E-state index in [-0.39, 0.29) is 5.56 Å². The van der Waals surface area contributed by atoms with Crippen LogP contribution in [0.2, 0.25) is 0 Å². The van der Waals surface area contributed by atoms with Crippen LogP contribution in [-0.2, 0) is 7.05 Å². The second-order valence-electron chi connectivity index (χ2n) is 3.79. The normalized spacial score (nSPS) is 10.6. The van der Waals surface area contributed by atoms with Crippen molar-refractivity contribution in [3.05, 3.63) is 51.9 Å². The molecule has 0 amide bonds. The van der Waals surface area contributed by atoms with Gasteiger partial charge in [0.1, 0.15) is 0 Å². The number of benzene rings is 1. The molecule has 15 heavy (non-hydrogen) atoms.